The Labute approximate surface area is 202 Å². The maximum absolute atomic E-state index is 13.1. The third-order valence-electron chi connectivity index (χ3n) is 5.66. The van der Waals surface area contributed by atoms with E-state index >= 15 is 0 Å². The van der Waals surface area contributed by atoms with Crippen molar-refractivity contribution < 1.29 is 33.0 Å². The number of benzene rings is 3. The molecule has 8 heteroatoms. The average Bonchev–Trinajstić information content (AvgIpc) is 3.22. The van der Waals surface area contributed by atoms with E-state index < -0.39 is 0 Å². The highest BCUT2D eigenvalue weighted by Crippen LogP contribution is 2.38. The highest BCUT2D eigenvalue weighted by Gasteiger charge is 2.21. The van der Waals surface area contributed by atoms with Gasteiger partial charge >= 0.3 is 0 Å². The van der Waals surface area contributed by atoms with Crippen molar-refractivity contribution in [3.8, 4) is 23.0 Å². The van der Waals surface area contributed by atoms with Gasteiger partial charge in [0.2, 0.25) is 11.5 Å². The summed E-state index contributed by atoms with van der Waals surface area (Å²) in [6.45, 7) is 1.83. The summed E-state index contributed by atoms with van der Waals surface area (Å²) in [7, 11) is 6.00. The highest BCUT2D eigenvalue weighted by atomic mass is 16.5. The topological polar surface area (TPSA) is 96.2 Å². The Balaban J connectivity index is 1.63. The van der Waals surface area contributed by atoms with E-state index in [-0.39, 0.29) is 17.5 Å². The SMILES string of the molecule is COc1cccc(C(=O)c2oc3cc(NC(=O)c4cc(OC)c(OC)c(OC)c4)ccc3c2C)c1. The lowest BCUT2D eigenvalue weighted by Crippen LogP contribution is -2.12. The number of fused-ring (bicyclic) bond motifs is 1. The molecule has 0 unspecified atom stereocenters. The summed E-state index contributed by atoms with van der Waals surface area (Å²) >= 11 is 0. The number of hydrogen-bond donors (Lipinski definition) is 1. The minimum Gasteiger partial charge on any atom is -0.497 e. The predicted octanol–water partition coefficient (Wildman–Crippen LogP) is 5.26. The van der Waals surface area contributed by atoms with Crippen LogP contribution in [0.25, 0.3) is 11.0 Å². The van der Waals surface area contributed by atoms with Crippen molar-refractivity contribution in [3.05, 3.63) is 77.0 Å². The molecule has 1 aromatic heterocycles. The van der Waals surface area contributed by atoms with E-state index in [2.05, 4.69) is 5.32 Å². The molecule has 0 saturated carbocycles. The lowest BCUT2D eigenvalue weighted by molar-refractivity contribution is 0.101. The van der Waals surface area contributed by atoms with Gasteiger partial charge in [0, 0.05) is 33.8 Å². The minimum absolute atomic E-state index is 0.237. The molecular weight excluding hydrogens is 450 g/mol. The second kappa shape index (κ2) is 9.80. The first-order chi connectivity index (χ1) is 16.9. The molecule has 4 rings (SSSR count). The molecule has 0 saturated heterocycles. The van der Waals surface area contributed by atoms with Crippen molar-refractivity contribution in [2.75, 3.05) is 33.8 Å². The number of hydrogen-bond acceptors (Lipinski definition) is 7. The van der Waals surface area contributed by atoms with Gasteiger partial charge in [0.25, 0.3) is 5.91 Å². The third-order valence-corrected chi connectivity index (χ3v) is 5.66. The summed E-state index contributed by atoms with van der Waals surface area (Å²) in [5.41, 5.74) is 2.49. The zero-order valence-corrected chi connectivity index (χ0v) is 20.1. The van der Waals surface area contributed by atoms with Crippen LogP contribution in [-0.4, -0.2) is 40.1 Å². The van der Waals surface area contributed by atoms with Crippen LogP contribution < -0.4 is 24.3 Å². The van der Waals surface area contributed by atoms with E-state index in [9.17, 15) is 9.59 Å². The van der Waals surface area contributed by atoms with E-state index in [1.165, 1.54) is 21.3 Å². The molecule has 3 aromatic carbocycles. The second-order valence-electron chi connectivity index (χ2n) is 7.70. The van der Waals surface area contributed by atoms with Gasteiger partial charge in [0.15, 0.2) is 17.3 Å². The predicted molar refractivity (Wildman–Crippen MR) is 131 cm³/mol. The summed E-state index contributed by atoms with van der Waals surface area (Å²) < 4.78 is 27.1. The van der Waals surface area contributed by atoms with Crippen LogP contribution in [0.15, 0.2) is 59.0 Å². The van der Waals surface area contributed by atoms with Crippen LogP contribution in [0.2, 0.25) is 0 Å². The van der Waals surface area contributed by atoms with Crippen LogP contribution >= 0.6 is 0 Å². The monoisotopic (exact) mass is 475 g/mol. The van der Waals surface area contributed by atoms with E-state index in [0.29, 0.717) is 45.4 Å². The van der Waals surface area contributed by atoms with Crippen molar-refractivity contribution in [1.29, 1.82) is 0 Å². The van der Waals surface area contributed by atoms with Gasteiger partial charge in [-0.15, -0.1) is 0 Å². The highest BCUT2D eigenvalue weighted by molar-refractivity contribution is 6.11. The van der Waals surface area contributed by atoms with Gasteiger partial charge in [-0.3, -0.25) is 9.59 Å². The van der Waals surface area contributed by atoms with Crippen molar-refractivity contribution in [2.24, 2.45) is 0 Å². The molecular formula is C27H25NO7. The molecule has 1 N–H and O–H groups in total. The number of ketones is 1. The zero-order chi connectivity index (χ0) is 25.1. The van der Waals surface area contributed by atoms with Gasteiger partial charge in [0.05, 0.1) is 28.4 Å². The van der Waals surface area contributed by atoms with E-state index in [0.717, 1.165) is 10.9 Å². The Kier molecular flexibility index (Phi) is 6.64. The molecule has 35 heavy (non-hydrogen) atoms. The zero-order valence-electron chi connectivity index (χ0n) is 20.1. The van der Waals surface area contributed by atoms with Crippen LogP contribution in [0.1, 0.15) is 32.0 Å². The van der Waals surface area contributed by atoms with Crippen LogP contribution in [0.4, 0.5) is 5.69 Å². The van der Waals surface area contributed by atoms with E-state index in [4.69, 9.17) is 23.4 Å². The van der Waals surface area contributed by atoms with Crippen molar-refractivity contribution in [2.45, 2.75) is 6.92 Å². The Hall–Kier alpha value is -4.46. The van der Waals surface area contributed by atoms with Gasteiger partial charge in [-0.25, -0.2) is 0 Å². The number of nitrogens with one attached hydrogen (secondary N) is 1. The molecule has 0 spiro atoms. The molecule has 8 nitrogen and oxygen atoms in total. The Morgan fingerprint density at radius 3 is 2.14 bits per heavy atom. The first-order valence-electron chi connectivity index (χ1n) is 10.7. The van der Waals surface area contributed by atoms with E-state index in [1.807, 2.05) is 6.92 Å². The molecule has 0 bridgehead atoms. The Morgan fingerprint density at radius 1 is 0.800 bits per heavy atom. The molecule has 0 radical (unpaired) electrons. The van der Waals surface area contributed by atoms with Crippen molar-refractivity contribution in [1.82, 2.24) is 0 Å². The number of aryl methyl sites for hydroxylation is 1. The lowest BCUT2D eigenvalue weighted by atomic mass is 10.0. The van der Waals surface area contributed by atoms with Crippen LogP contribution in [0, 0.1) is 6.92 Å². The van der Waals surface area contributed by atoms with Crippen LogP contribution in [0.3, 0.4) is 0 Å². The number of ether oxygens (including phenoxy) is 4. The molecule has 180 valence electrons. The summed E-state index contributed by atoms with van der Waals surface area (Å²) in [5, 5.41) is 3.62. The number of furan rings is 1. The second-order valence-corrected chi connectivity index (χ2v) is 7.70. The number of methoxy groups -OCH3 is 4. The molecule has 0 atom stereocenters. The Morgan fingerprint density at radius 2 is 1.51 bits per heavy atom. The lowest BCUT2D eigenvalue weighted by Gasteiger charge is -2.14. The average molecular weight is 475 g/mol. The maximum Gasteiger partial charge on any atom is 0.255 e. The summed E-state index contributed by atoms with van der Waals surface area (Å²) in [6.07, 6.45) is 0. The minimum atomic E-state index is -0.375. The quantitative estimate of drug-likeness (QED) is 0.347. The first kappa shape index (κ1) is 23.7. The molecule has 0 fully saturated rings. The summed E-state index contributed by atoms with van der Waals surface area (Å²) in [6, 6.07) is 15.3. The largest absolute Gasteiger partial charge is 0.497 e. The fraction of sp³-hybridized carbons (Fsp3) is 0.185. The number of amides is 1. The van der Waals surface area contributed by atoms with Gasteiger partial charge in [-0.2, -0.15) is 0 Å². The van der Waals surface area contributed by atoms with Crippen LogP contribution in [0.5, 0.6) is 23.0 Å². The molecule has 1 amide bonds. The molecule has 0 aliphatic rings. The normalized spacial score (nSPS) is 10.7. The number of carbonyl (C=O) groups is 2. The van der Waals surface area contributed by atoms with Crippen molar-refractivity contribution >= 4 is 28.3 Å². The van der Waals surface area contributed by atoms with Crippen LogP contribution in [-0.2, 0) is 0 Å². The molecule has 0 aliphatic heterocycles. The number of rotatable bonds is 8. The van der Waals surface area contributed by atoms with Gasteiger partial charge < -0.3 is 28.7 Å². The van der Waals surface area contributed by atoms with Gasteiger partial charge in [-0.05, 0) is 43.3 Å². The van der Waals surface area contributed by atoms with Gasteiger partial charge in [-0.1, -0.05) is 12.1 Å². The van der Waals surface area contributed by atoms with Crippen molar-refractivity contribution in [3.63, 3.8) is 0 Å². The number of carbonyl (C=O) groups excluding carboxylic acids is 2. The molecule has 1 heterocycles. The fourth-order valence-corrected chi connectivity index (χ4v) is 3.83. The molecule has 4 aromatic rings. The standard InChI is InChI=1S/C27H25NO7/c1-15-20-10-9-18(28-27(30)17-12-22(32-3)26(34-5)23(13-17)33-4)14-21(20)35-25(15)24(29)16-7-6-8-19(11-16)31-2/h6-14H,1-5H3,(H,28,30). The summed E-state index contributed by atoms with van der Waals surface area (Å²) in [4.78, 5) is 26.0. The first-order valence-corrected chi connectivity index (χ1v) is 10.7. The van der Waals surface area contributed by atoms with Gasteiger partial charge in [0.1, 0.15) is 11.3 Å². The Bertz CT molecular complexity index is 1400. The maximum atomic E-state index is 13.1. The third kappa shape index (κ3) is 4.50. The number of anilines is 1. The molecule has 0 aliphatic carbocycles. The smallest absolute Gasteiger partial charge is 0.255 e. The fourth-order valence-electron chi connectivity index (χ4n) is 3.83. The van der Waals surface area contributed by atoms with E-state index in [1.54, 1.807) is 61.7 Å². The summed E-state index contributed by atoms with van der Waals surface area (Å²) in [5.74, 6) is 1.33.